The first-order chi connectivity index (χ1) is 17.0. The lowest BCUT2D eigenvalue weighted by Gasteiger charge is -2.28. The number of hydrogen-bond donors (Lipinski definition) is 3. The molecule has 2 aromatic heterocycles. The molecule has 0 bridgehead atoms. The van der Waals surface area contributed by atoms with Crippen molar-refractivity contribution >= 4 is 22.6 Å². The average Bonchev–Trinajstić information content (AvgIpc) is 3.21. The van der Waals surface area contributed by atoms with Crippen LogP contribution in [0.15, 0.2) is 41.3 Å². The molecule has 0 unspecified atom stereocenters. The van der Waals surface area contributed by atoms with E-state index in [1.807, 2.05) is 10.6 Å². The molecule has 1 aliphatic heterocycles. The second kappa shape index (κ2) is 10.2. The fourth-order valence-electron chi connectivity index (χ4n) is 5.52. The van der Waals surface area contributed by atoms with Crippen LogP contribution < -0.4 is 16.2 Å². The molecule has 5 rings (SSSR count). The number of aromatic nitrogens is 3. The molecule has 8 heteroatoms. The Bertz CT molecular complexity index is 1260. The maximum absolute atomic E-state index is 13.1. The van der Waals surface area contributed by atoms with Gasteiger partial charge in [-0.15, -0.1) is 0 Å². The fourth-order valence-corrected chi connectivity index (χ4v) is 5.52. The Kier molecular flexibility index (Phi) is 6.90. The number of pyridine rings is 1. The van der Waals surface area contributed by atoms with Gasteiger partial charge in [0.15, 0.2) is 0 Å². The Morgan fingerprint density at radius 2 is 2.00 bits per heavy atom. The highest BCUT2D eigenvalue weighted by Crippen LogP contribution is 2.32. The number of carbonyl (C=O) groups excluding carboxylic acids is 1. The third-order valence-electron chi connectivity index (χ3n) is 7.58. The molecule has 3 heterocycles. The Morgan fingerprint density at radius 3 is 2.77 bits per heavy atom. The summed E-state index contributed by atoms with van der Waals surface area (Å²) in [4.78, 5) is 30.3. The fraction of sp³-hybridized carbons (Fsp3) is 0.519. The average molecular weight is 478 g/mol. The van der Waals surface area contributed by atoms with Crippen molar-refractivity contribution in [3.63, 3.8) is 0 Å². The van der Waals surface area contributed by atoms with Crippen LogP contribution in [-0.2, 0) is 30.7 Å². The van der Waals surface area contributed by atoms with Crippen LogP contribution in [0.1, 0.15) is 50.4 Å². The zero-order chi connectivity index (χ0) is 24.4. The van der Waals surface area contributed by atoms with E-state index >= 15 is 0 Å². The summed E-state index contributed by atoms with van der Waals surface area (Å²) >= 11 is 0. The quantitative estimate of drug-likeness (QED) is 0.486. The van der Waals surface area contributed by atoms with Gasteiger partial charge in [-0.25, -0.2) is 4.98 Å². The van der Waals surface area contributed by atoms with Crippen molar-refractivity contribution in [2.45, 2.75) is 77.0 Å². The van der Waals surface area contributed by atoms with Gasteiger partial charge in [-0.2, -0.15) is 0 Å². The van der Waals surface area contributed by atoms with Crippen molar-refractivity contribution < 1.29 is 9.90 Å². The summed E-state index contributed by atoms with van der Waals surface area (Å²) in [6, 6.07) is 9.91. The molecule has 2 aliphatic rings. The number of hydrogen-bond acceptors (Lipinski definition) is 5. The lowest BCUT2D eigenvalue weighted by molar-refractivity contribution is -0.122. The maximum Gasteiger partial charge on any atom is 0.250 e. The second-order valence-electron chi connectivity index (χ2n) is 10.1. The van der Waals surface area contributed by atoms with Gasteiger partial charge in [0.25, 0.3) is 5.56 Å². The number of nitrogens with zero attached hydrogens (tertiary/aromatic N) is 3. The largest absolute Gasteiger partial charge is 0.396 e. The minimum absolute atomic E-state index is 0.0145. The molecule has 1 aliphatic carbocycles. The molecule has 3 N–H and O–H groups in total. The van der Waals surface area contributed by atoms with E-state index in [2.05, 4.69) is 29.7 Å². The van der Waals surface area contributed by atoms with Gasteiger partial charge < -0.3 is 24.9 Å². The van der Waals surface area contributed by atoms with Gasteiger partial charge in [0, 0.05) is 55.2 Å². The van der Waals surface area contributed by atoms with Gasteiger partial charge in [0.05, 0.1) is 11.0 Å². The van der Waals surface area contributed by atoms with Crippen molar-refractivity contribution in [1.82, 2.24) is 19.4 Å². The summed E-state index contributed by atoms with van der Waals surface area (Å²) in [5, 5.41) is 16.2. The summed E-state index contributed by atoms with van der Waals surface area (Å²) in [7, 11) is 0. The first-order valence-electron chi connectivity index (χ1n) is 12.8. The molecule has 1 saturated carbocycles. The third kappa shape index (κ3) is 5.12. The van der Waals surface area contributed by atoms with Crippen LogP contribution in [0.25, 0.3) is 11.0 Å². The Hall–Kier alpha value is -3.13. The van der Waals surface area contributed by atoms with Crippen molar-refractivity contribution in [2.75, 3.05) is 11.9 Å². The number of aryl methyl sites for hydroxylation is 3. The number of rotatable bonds is 7. The van der Waals surface area contributed by atoms with Crippen LogP contribution in [0.5, 0.6) is 0 Å². The zero-order valence-corrected chi connectivity index (χ0v) is 20.4. The molecule has 8 nitrogen and oxygen atoms in total. The highest BCUT2D eigenvalue weighted by molar-refractivity contribution is 5.87. The highest BCUT2D eigenvalue weighted by atomic mass is 16.3. The normalized spacial score (nSPS) is 21.9. The SMILES string of the molecule is C[C@H]1CCc2c(ccc3c2nc(CCn2ccccc2=O)n3CC(=O)NC2CCC(CO)CC2)N1. The number of aliphatic hydroxyl groups is 1. The molecule has 0 spiro atoms. The van der Waals surface area contributed by atoms with Gasteiger partial charge in [0.2, 0.25) is 5.91 Å². The third-order valence-corrected chi connectivity index (χ3v) is 7.58. The zero-order valence-electron chi connectivity index (χ0n) is 20.4. The minimum atomic E-state index is -0.0399. The van der Waals surface area contributed by atoms with E-state index < -0.39 is 0 Å². The molecular weight excluding hydrogens is 442 g/mol. The van der Waals surface area contributed by atoms with Gasteiger partial charge in [-0.05, 0) is 69.6 Å². The molecule has 0 saturated heterocycles. The van der Waals surface area contributed by atoms with Crippen LogP contribution in [0.3, 0.4) is 0 Å². The van der Waals surface area contributed by atoms with Crippen molar-refractivity contribution in [3.05, 3.63) is 58.3 Å². The predicted molar refractivity (Wildman–Crippen MR) is 137 cm³/mol. The predicted octanol–water partition coefficient (Wildman–Crippen LogP) is 2.85. The summed E-state index contributed by atoms with van der Waals surface area (Å²) < 4.78 is 3.71. The second-order valence-corrected chi connectivity index (χ2v) is 10.1. The molecule has 1 aromatic carbocycles. The van der Waals surface area contributed by atoms with E-state index in [0.717, 1.165) is 61.1 Å². The van der Waals surface area contributed by atoms with Gasteiger partial charge in [-0.1, -0.05) is 6.07 Å². The molecule has 186 valence electrons. The summed E-state index contributed by atoms with van der Waals surface area (Å²) in [6.45, 7) is 3.13. The number of anilines is 1. The number of amides is 1. The number of aliphatic hydroxyl groups excluding tert-OH is 1. The minimum Gasteiger partial charge on any atom is -0.396 e. The van der Waals surface area contributed by atoms with E-state index in [0.29, 0.717) is 24.9 Å². The smallest absolute Gasteiger partial charge is 0.250 e. The van der Waals surface area contributed by atoms with Crippen LogP contribution >= 0.6 is 0 Å². The molecule has 35 heavy (non-hydrogen) atoms. The number of carbonyl (C=O) groups is 1. The molecule has 3 aromatic rings. The maximum atomic E-state index is 13.1. The number of imidazole rings is 1. The van der Waals surface area contributed by atoms with Crippen molar-refractivity contribution in [3.8, 4) is 0 Å². The Labute approximate surface area is 205 Å². The monoisotopic (exact) mass is 477 g/mol. The summed E-state index contributed by atoms with van der Waals surface area (Å²) in [6.07, 6.45) is 8.06. The lowest BCUT2D eigenvalue weighted by Crippen LogP contribution is -2.40. The first kappa shape index (κ1) is 23.6. The van der Waals surface area contributed by atoms with E-state index in [-0.39, 0.29) is 30.7 Å². The van der Waals surface area contributed by atoms with Crippen LogP contribution in [0, 0.1) is 5.92 Å². The van der Waals surface area contributed by atoms with E-state index in [1.165, 1.54) is 5.56 Å². The number of benzene rings is 1. The van der Waals surface area contributed by atoms with Gasteiger partial charge >= 0.3 is 0 Å². The first-order valence-corrected chi connectivity index (χ1v) is 12.8. The Balaban J connectivity index is 1.41. The Morgan fingerprint density at radius 1 is 1.17 bits per heavy atom. The number of fused-ring (bicyclic) bond motifs is 3. The van der Waals surface area contributed by atoms with Crippen LogP contribution in [-0.4, -0.2) is 43.8 Å². The lowest BCUT2D eigenvalue weighted by atomic mass is 9.86. The van der Waals surface area contributed by atoms with Crippen LogP contribution in [0.2, 0.25) is 0 Å². The molecule has 0 radical (unpaired) electrons. The van der Waals surface area contributed by atoms with Crippen molar-refractivity contribution in [2.24, 2.45) is 5.92 Å². The van der Waals surface area contributed by atoms with E-state index in [9.17, 15) is 14.7 Å². The van der Waals surface area contributed by atoms with Gasteiger partial charge in [0.1, 0.15) is 12.4 Å². The van der Waals surface area contributed by atoms with Gasteiger partial charge in [-0.3, -0.25) is 9.59 Å². The topological polar surface area (TPSA) is 101 Å². The van der Waals surface area contributed by atoms with Crippen LogP contribution in [0.4, 0.5) is 5.69 Å². The molecular formula is C27H35N5O3. The molecule has 1 fully saturated rings. The summed E-state index contributed by atoms with van der Waals surface area (Å²) in [5.74, 6) is 1.16. The highest BCUT2D eigenvalue weighted by Gasteiger charge is 2.24. The molecule has 1 amide bonds. The van der Waals surface area contributed by atoms with Crippen molar-refractivity contribution in [1.29, 1.82) is 0 Å². The van der Waals surface area contributed by atoms with E-state index in [4.69, 9.17) is 4.98 Å². The number of nitrogens with one attached hydrogen (secondary N) is 2. The molecule has 1 atom stereocenters. The van der Waals surface area contributed by atoms with E-state index in [1.54, 1.807) is 22.9 Å². The summed E-state index contributed by atoms with van der Waals surface area (Å²) in [5.41, 5.74) is 4.21. The standard InChI is InChI=1S/C27H35N5O3/c1-18-5-10-21-22(28-18)11-12-23-27(21)30-24(13-15-31-14-3-2-4-26(31)35)32(23)16-25(34)29-20-8-6-19(17-33)7-9-20/h2-4,11-12,14,18-20,28,33H,5-10,13,15-17H2,1H3,(H,29,34)/t18-,19?,20?/m0/s1.